The molecule has 4 nitrogen and oxygen atoms in total. The highest BCUT2D eigenvalue weighted by molar-refractivity contribution is 6.34. The van der Waals surface area contributed by atoms with Crippen LogP contribution in [0.4, 0.5) is 5.69 Å². The van der Waals surface area contributed by atoms with Crippen molar-refractivity contribution in [3.8, 4) is 0 Å². The van der Waals surface area contributed by atoms with Gasteiger partial charge in [-0.05, 0) is 36.6 Å². The maximum atomic E-state index is 12.8. The Labute approximate surface area is 159 Å². The van der Waals surface area contributed by atoms with Gasteiger partial charge < -0.3 is 10.2 Å². The second-order valence-corrected chi connectivity index (χ2v) is 6.95. The van der Waals surface area contributed by atoms with E-state index < -0.39 is 0 Å². The Bertz CT molecular complexity index is 792. The zero-order valence-corrected chi connectivity index (χ0v) is 15.6. The molecule has 1 aliphatic heterocycles. The lowest BCUT2D eigenvalue weighted by atomic mass is 10.0. The third-order valence-electron chi connectivity index (χ3n) is 4.66. The Morgan fingerprint density at radius 1 is 1.23 bits per heavy atom. The molecule has 1 fully saturated rings. The summed E-state index contributed by atoms with van der Waals surface area (Å²) in [4.78, 5) is 26.5. The topological polar surface area (TPSA) is 49.4 Å². The summed E-state index contributed by atoms with van der Waals surface area (Å²) in [5.41, 5.74) is 2.22. The molecule has 0 aromatic heterocycles. The normalized spacial score (nSPS) is 15.2. The molecule has 2 aromatic carbocycles. The number of benzene rings is 2. The van der Waals surface area contributed by atoms with Crippen LogP contribution in [-0.4, -0.2) is 18.4 Å². The van der Waals surface area contributed by atoms with Crippen molar-refractivity contribution in [3.05, 3.63) is 64.7 Å². The van der Waals surface area contributed by atoms with Gasteiger partial charge in [-0.1, -0.05) is 55.3 Å². The predicted octanol–water partition coefficient (Wildman–Crippen LogP) is 4.74. The van der Waals surface area contributed by atoms with Crippen LogP contribution >= 0.6 is 11.6 Å². The third kappa shape index (κ3) is 4.07. The number of hydrogen-bond acceptors (Lipinski definition) is 2. The number of carbonyl (C=O) groups excluding carboxylic acids is 2. The summed E-state index contributed by atoms with van der Waals surface area (Å²) in [7, 11) is 0. The summed E-state index contributed by atoms with van der Waals surface area (Å²) in [6, 6.07) is 15.0. The summed E-state index contributed by atoms with van der Waals surface area (Å²) in [6.07, 6.45) is 3.17. The van der Waals surface area contributed by atoms with Gasteiger partial charge in [-0.15, -0.1) is 0 Å². The molecule has 0 spiro atoms. The summed E-state index contributed by atoms with van der Waals surface area (Å²) < 4.78 is 0. The standard InChI is InChI=1S/C21H23ClN2O2/c1-2-7-18(15-8-4-3-5-9-15)23-21(26)16-11-12-17(22)19(14-16)24-13-6-10-20(24)25/h3-5,8-9,11-12,14,18H,2,6-7,10,13H2,1H3,(H,23,26). The third-order valence-corrected chi connectivity index (χ3v) is 4.98. The van der Waals surface area contributed by atoms with Gasteiger partial charge in [0.15, 0.2) is 0 Å². The minimum Gasteiger partial charge on any atom is -0.345 e. The van der Waals surface area contributed by atoms with E-state index in [4.69, 9.17) is 11.6 Å². The van der Waals surface area contributed by atoms with Crippen molar-refractivity contribution in [2.75, 3.05) is 11.4 Å². The molecule has 1 heterocycles. The van der Waals surface area contributed by atoms with E-state index in [2.05, 4.69) is 12.2 Å². The minimum atomic E-state index is -0.156. The van der Waals surface area contributed by atoms with Crippen LogP contribution in [0.2, 0.25) is 5.02 Å². The smallest absolute Gasteiger partial charge is 0.251 e. The molecule has 1 saturated heterocycles. The lowest BCUT2D eigenvalue weighted by Crippen LogP contribution is -2.29. The largest absolute Gasteiger partial charge is 0.345 e. The monoisotopic (exact) mass is 370 g/mol. The molecule has 1 unspecified atom stereocenters. The van der Waals surface area contributed by atoms with E-state index in [1.807, 2.05) is 30.3 Å². The van der Waals surface area contributed by atoms with E-state index in [-0.39, 0.29) is 17.9 Å². The van der Waals surface area contributed by atoms with Crippen LogP contribution in [0.5, 0.6) is 0 Å². The number of anilines is 1. The van der Waals surface area contributed by atoms with Gasteiger partial charge in [0.2, 0.25) is 5.91 Å². The number of nitrogens with zero attached hydrogens (tertiary/aromatic N) is 1. The molecule has 2 amide bonds. The molecule has 3 rings (SSSR count). The van der Waals surface area contributed by atoms with E-state index >= 15 is 0 Å². The van der Waals surface area contributed by atoms with Gasteiger partial charge in [0.25, 0.3) is 5.91 Å². The second-order valence-electron chi connectivity index (χ2n) is 6.54. The van der Waals surface area contributed by atoms with Crippen LogP contribution in [0.25, 0.3) is 0 Å². The fourth-order valence-electron chi connectivity index (χ4n) is 3.30. The first-order valence-corrected chi connectivity index (χ1v) is 9.43. The van der Waals surface area contributed by atoms with Crippen LogP contribution < -0.4 is 10.2 Å². The molecule has 1 aliphatic rings. The van der Waals surface area contributed by atoms with Gasteiger partial charge in [0.1, 0.15) is 0 Å². The van der Waals surface area contributed by atoms with Gasteiger partial charge in [-0.25, -0.2) is 0 Å². The molecule has 0 radical (unpaired) electrons. The number of rotatable bonds is 6. The highest BCUT2D eigenvalue weighted by Gasteiger charge is 2.25. The molecular formula is C21H23ClN2O2. The first-order valence-electron chi connectivity index (χ1n) is 9.06. The van der Waals surface area contributed by atoms with Crippen molar-refractivity contribution in [3.63, 3.8) is 0 Å². The molecule has 5 heteroatoms. The number of amides is 2. The Hall–Kier alpha value is -2.33. The molecule has 0 bridgehead atoms. The fourth-order valence-corrected chi connectivity index (χ4v) is 3.52. The molecule has 1 N–H and O–H groups in total. The maximum Gasteiger partial charge on any atom is 0.251 e. The molecule has 26 heavy (non-hydrogen) atoms. The number of hydrogen-bond donors (Lipinski definition) is 1. The van der Waals surface area contributed by atoms with Crippen molar-refractivity contribution >= 4 is 29.1 Å². The highest BCUT2D eigenvalue weighted by Crippen LogP contribution is 2.30. The SMILES string of the molecule is CCCC(NC(=O)c1ccc(Cl)c(N2CCCC2=O)c1)c1ccccc1. The van der Waals surface area contributed by atoms with Gasteiger partial charge in [0, 0.05) is 18.5 Å². The minimum absolute atomic E-state index is 0.0405. The Morgan fingerprint density at radius 3 is 2.65 bits per heavy atom. The quantitative estimate of drug-likeness (QED) is 0.798. The summed E-state index contributed by atoms with van der Waals surface area (Å²) >= 11 is 6.27. The van der Waals surface area contributed by atoms with Crippen molar-refractivity contribution in [2.24, 2.45) is 0 Å². The van der Waals surface area contributed by atoms with Crippen LogP contribution in [0.3, 0.4) is 0 Å². The van der Waals surface area contributed by atoms with E-state index in [9.17, 15) is 9.59 Å². The van der Waals surface area contributed by atoms with E-state index in [1.54, 1.807) is 23.1 Å². The zero-order chi connectivity index (χ0) is 18.5. The Balaban J connectivity index is 1.81. The Kier molecular flexibility index (Phi) is 5.94. The van der Waals surface area contributed by atoms with Crippen LogP contribution in [0.1, 0.15) is 54.6 Å². The van der Waals surface area contributed by atoms with Crippen LogP contribution in [0.15, 0.2) is 48.5 Å². The Morgan fingerprint density at radius 2 is 2.00 bits per heavy atom. The van der Waals surface area contributed by atoms with E-state index in [0.717, 1.165) is 24.8 Å². The van der Waals surface area contributed by atoms with Crippen molar-refractivity contribution in [1.82, 2.24) is 5.32 Å². The molecule has 0 saturated carbocycles. The molecule has 136 valence electrons. The number of halogens is 1. The molecule has 0 aliphatic carbocycles. The first kappa shape index (κ1) is 18.5. The number of carbonyl (C=O) groups is 2. The van der Waals surface area contributed by atoms with E-state index in [0.29, 0.717) is 29.2 Å². The summed E-state index contributed by atoms with van der Waals surface area (Å²) in [5.74, 6) is -0.102. The van der Waals surface area contributed by atoms with Crippen LogP contribution in [0, 0.1) is 0 Å². The molecule has 2 aromatic rings. The first-order chi connectivity index (χ1) is 12.6. The second kappa shape index (κ2) is 8.37. The molecule has 1 atom stereocenters. The lowest BCUT2D eigenvalue weighted by Gasteiger charge is -2.21. The van der Waals surface area contributed by atoms with Crippen molar-refractivity contribution in [1.29, 1.82) is 0 Å². The van der Waals surface area contributed by atoms with Crippen molar-refractivity contribution in [2.45, 2.75) is 38.6 Å². The number of nitrogens with one attached hydrogen (secondary N) is 1. The average Bonchev–Trinajstić information content (AvgIpc) is 3.08. The average molecular weight is 371 g/mol. The maximum absolute atomic E-state index is 12.8. The summed E-state index contributed by atoms with van der Waals surface area (Å²) in [6.45, 7) is 2.74. The van der Waals surface area contributed by atoms with E-state index in [1.165, 1.54) is 0 Å². The lowest BCUT2D eigenvalue weighted by molar-refractivity contribution is -0.117. The van der Waals surface area contributed by atoms with Crippen molar-refractivity contribution < 1.29 is 9.59 Å². The zero-order valence-electron chi connectivity index (χ0n) is 14.9. The predicted molar refractivity (Wildman–Crippen MR) is 105 cm³/mol. The van der Waals surface area contributed by atoms with Crippen LogP contribution in [-0.2, 0) is 4.79 Å². The van der Waals surface area contributed by atoms with Gasteiger partial charge in [-0.3, -0.25) is 9.59 Å². The fraction of sp³-hybridized carbons (Fsp3) is 0.333. The molecular weight excluding hydrogens is 348 g/mol. The van der Waals surface area contributed by atoms with Gasteiger partial charge >= 0.3 is 0 Å². The van der Waals surface area contributed by atoms with Gasteiger partial charge in [0.05, 0.1) is 16.8 Å². The highest BCUT2D eigenvalue weighted by atomic mass is 35.5. The summed E-state index contributed by atoms with van der Waals surface area (Å²) in [5, 5.41) is 3.60. The van der Waals surface area contributed by atoms with Gasteiger partial charge in [-0.2, -0.15) is 0 Å².